The van der Waals surface area contributed by atoms with Gasteiger partial charge in [-0.25, -0.2) is 8.78 Å². The molecular weight excluding hydrogens is 194 g/mol. The largest absolute Gasteiger partial charge is 0.302 e. The molecule has 0 aromatic rings. The fourth-order valence-corrected chi connectivity index (χ4v) is 2.92. The third-order valence-electron chi connectivity index (χ3n) is 2.42. The van der Waals surface area contributed by atoms with Gasteiger partial charge in [-0.1, -0.05) is 6.92 Å². The van der Waals surface area contributed by atoms with Crippen molar-refractivity contribution in [3.8, 4) is 0 Å². The maximum Gasteiger partial charge on any atom is 0.249 e. The van der Waals surface area contributed by atoms with E-state index in [2.05, 4.69) is 0 Å². The van der Waals surface area contributed by atoms with Gasteiger partial charge in [0.25, 0.3) is 0 Å². The normalized spacial score (nSPS) is 29.2. The van der Waals surface area contributed by atoms with Crippen LogP contribution in [0.25, 0.3) is 0 Å². The molecule has 76 valence electrons. The zero-order valence-electron chi connectivity index (χ0n) is 7.69. The Bertz CT molecular complexity index is 188. The molecule has 0 aromatic heterocycles. The quantitative estimate of drug-likeness (QED) is 0.661. The van der Waals surface area contributed by atoms with E-state index in [4.69, 9.17) is 0 Å². The minimum Gasteiger partial charge on any atom is -0.302 e. The molecule has 1 saturated heterocycles. The predicted molar refractivity (Wildman–Crippen MR) is 50.3 cm³/mol. The summed E-state index contributed by atoms with van der Waals surface area (Å²) in [5, 5.41) is 0. The predicted octanol–water partition coefficient (Wildman–Crippen LogP) is 2.89. The second-order valence-electron chi connectivity index (χ2n) is 3.52. The molecule has 0 N–H and O–H groups in total. The SMILES string of the molecule is CCC(F)(F)CC1(C=O)CCCS1. The molecule has 0 radical (unpaired) electrons. The van der Waals surface area contributed by atoms with Crippen LogP contribution < -0.4 is 0 Å². The lowest BCUT2D eigenvalue weighted by Crippen LogP contribution is -2.32. The Hall–Kier alpha value is -0.120. The minimum atomic E-state index is -2.68. The summed E-state index contributed by atoms with van der Waals surface area (Å²) in [6.07, 6.45) is 1.74. The van der Waals surface area contributed by atoms with Gasteiger partial charge in [-0.3, -0.25) is 0 Å². The Morgan fingerprint density at radius 2 is 2.31 bits per heavy atom. The maximum absolute atomic E-state index is 13.1. The molecule has 0 aliphatic carbocycles. The van der Waals surface area contributed by atoms with Crippen molar-refractivity contribution < 1.29 is 13.6 Å². The van der Waals surface area contributed by atoms with Crippen LogP contribution in [0, 0.1) is 0 Å². The van der Waals surface area contributed by atoms with Gasteiger partial charge >= 0.3 is 0 Å². The van der Waals surface area contributed by atoms with Crippen LogP contribution in [0.2, 0.25) is 0 Å². The first-order valence-electron chi connectivity index (χ1n) is 4.52. The first kappa shape index (κ1) is 11.0. The number of thioether (sulfide) groups is 1. The molecule has 0 amide bonds. The summed E-state index contributed by atoms with van der Waals surface area (Å²) >= 11 is 1.38. The summed E-state index contributed by atoms with van der Waals surface area (Å²) < 4.78 is 25.3. The lowest BCUT2D eigenvalue weighted by atomic mass is 9.96. The highest BCUT2D eigenvalue weighted by Crippen LogP contribution is 2.44. The molecule has 1 unspecified atom stereocenters. The van der Waals surface area contributed by atoms with Crippen LogP contribution in [0.4, 0.5) is 8.78 Å². The molecule has 0 bridgehead atoms. The van der Waals surface area contributed by atoms with E-state index in [1.54, 1.807) is 0 Å². The Morgan fingerprint density at radius 1 is 1.62 bits per heavy atom. The zero-order chi connectivity index (χ0) is 9.95. The number of rotatable bonds is 4. The van der Waals surface area contributed by atoms with E-state index in [1.807, 2.05) is 0 Å². The molecule has 1 aliphatic heterocycles. The standard InChI is InChI=1S/C9H14F2OS/c1-2-9(10,11)6-8(7-12)4-3-5-13-8/h7H,2-6H2,1H3. The average Bonchev–Trinajstić information content (AvgIpc) is 2.53. The molecule has 1 rings (SSSR count). The number of halogens is 2. The van der Waals surface area contributed by atoms with Gasteiger partial charge in [-0.05, 0) is 18.6 Å². The second kappa shape index (κ2) is 3.95. The summed E-state index contributed by atoms with van der Waals surface area (Å²) in [6, 6.07) is 0. The lowest BCUT2D eigenvalue weighted by molar-refractivity contribution is -0.112. The van der Waals surface area contributed by atoms with E-state index < -0.39 is 10.7 Å². The molecule has 1 nitrogen and oxygen atoms in total. The number of alkyl halides is 2. The van der Waals surface area contributed by atoms with Crippen molar-refractivity contribution >= 4 is 18.0 Å². The second-order valence-corrected chi connectivity index (χ2v) is 5.03. The number of hydrogen-bond donors (Lipinski definition) is 0. The fraction of sp³-hybridized carbons (Fsp3) is 0.889. The van der Waals surface area contributed by atoms with Gasteiger partial charge in [0.2, 0.25) is 5.92 Å². The van der Waals surface area contributed by atoms with Crippen LogP contribution in [-0.4, -0.2) is 22.7 Å². The van der Waals surface area contributed by atoms with Crippen LogP contribution in [0.3, 0.4) is 0 Å². The van der Waals surface area contributed by atoms with Gasteiger partial charge in [0.05, 0.1) is 4.75 Å². The van der Waals surface area contributed by atoms with E-state index in [1.165, 1.54) is 18.7 Å². The first-order chi connectivity index (χ1) is 6.04. The topological polar surface area (TPSA) is 17.1 Å². The van der Waals surface area contributed by atoms with Crippen LogP contribution in [0.5, 0.6) is 0 Å². The molecule has 4 heteroatoms. The monoisotopic (exact) mass is 208 g/mol. The minimum absolute atomic E-state index is 0.177. The Kier molecular flexibility index (Phi) is 3.33. The van der Waals surface area contributed by atoms with Crippen molar-refractivity contribution in [2.75, 3.05) is 5.75 Å². The van der Waals surface area contributed by atoms with Crippen molar-refractivity contribution in [3.05, 3.63) is 0 Å². The molecule has 1 heterocycles. The highest BCUT2D eigenvalue weighted by Gasteiger charge is 2.43. The van der Waals surface area contributed by atoms with E-state index in [0.717, 1.165) is 12.2 Å². The number of hydrogen-bond acceptors (Lipinski definition) is 2. The van der Waals surface area contributed by atoms with Crippen molar-refractivity contribution in [1.82, 2.24) is 0 Å². The molecule has 0 saturated carbocycles. The van der Waals surface area contributed by atoms with Gasteiger partial charge in [0.15, 0.2) is 0 Å². The number of carbonyl (C=O) groups is 1. The molecular formula is C9H14F2OS. The van der Waals surface area contributed by atoms with Crippen molar-refractivity contribution in [2.45, 2.75) is 43.3 Å². The summed E-state index contributed by atoms with van der Waals surface area (Å²) in [7, 11) is 0. The van der Waals surface area contributed by atoms with Crippen LogP contribution in [0.1, 0.15) is 32.6 Å². The van der Waals surface area contributed by atoms with Gasteiger partial charge in [-0.2, -0.15) is 0 Å². The van der Waals surface area contributed by atoms with Gasteiger partial charge in [0.1, 0.15) is 6.29 Å². The molecule has 0 spiro atoms. The zero-order valence-corrected chi connectivity index (χ0v) is 8.50. The number of carbonyl (C=O) groups excluding carboxylic acids is 1. The summed E-state index contributed by atoms with van der Waals surface area (Å²) in [5.41, 5.74) is 0. The average molecular weight is 208 g/mol. The van der Waals surface area contributed by atoms with Crippen molar-refractivity contribution in [1.29, 1.82) is 0 Å². The number of aldehydes is 1. The van der Waals surface area contributed by atoms with Crippen LogP contribution >= 0.6 is 11.8 Å². The summed E-state index contributed by atoms with van der Waals surface area (Å²) in [6.45, 7) is 1.46. The molecule has 0 aromatic carbocycles. The lowest BCUT2D eigenvalue weighted by Gasteiger charge is -2.26. The third kappa shape index (κ3) is 2.66. The Morgan fingerprint density at radius 3 is 2.69 bits per heavy atom. The van der Waals surface area contributed by atoms with Gasteiger partial charge < -0.3 is 4.79 Å². The molecule has 1 aliphatic rings. The third-order valence-corrected chi connectivity index (χ3v) is 3.94. The van der Waals surface area contributed by atoms with Gasteiger partial charge in [0, 0.05) is 12.8 Å². The molecule has 1 atom stereocenters. The van der Waals surface area contributed by atoms with E-state index in [0.29, 0.717) is 12.7 Å². The fourth-order valence-electron chi connectivity index (χ4n) is 1.56. The van der Waals surface area contributed by atoms with E-state index in [-0.39, 0.29) is 12.8 Å². The highest BCUT2D eigenvalue weighted by atomic mass is 32.2. The van der Waals surface area contributed by atoms with Crippen LogP contribution in [-0.2, 0) is 4.79 Å². The summed E-state index contributed by atoms with van der Waals surface area (Å²) in [4.78, 5) is 10.8. The van der Waals surface area contributed by atoms with Crippen LogP contribution in [0.15, 0.2) is 0 Å². The Balaban J connectivity index is 2.63. The van der Waals surface area contributed by atoms with Crippen molar-refractivity contribution in [2.24, 2.45) is 0 Å². The molecule has 13 heavy (non-hydrogen) atoms. The van der Waals surface area contributed by atoms with E-state index in [9.17, 15) is 13.6 Å². The molecule has 1 fully saturated rings. The van der Waals surface area contributed by atoms with Crippen molar-refractivity contribution in [3.63, 3.8) is 0 Å². The highest BCUT2D eigenvalue weighted by molar-refractivity contribution is 8.01. The Labute approximate surface area is 81.3 Å². The van der Waals surface area contributed by atoms with E-state index >= 15 is 0 Å². The van der Waals surface area contributed by atoms with Gasteiger partial charge in [-0.15, -0.1) is 11.8 Å². The first-order valence-corrected chi connectivity index (χ1v) is 5.50. The maximum atomic E-state index is 13.1. The smallest absolute Gasteiger partial charge is 0.249 e. The summed E-state index contributed by atoms with van der Waals surface area (Å²) in [5.74, 6) is -1.85.